The minimum Gasteiger partial charge on any atom is -0.327 e. The summed E-state index contributed by atoms with van der Waals surface area (Å²) in [6, 6.07) is 0. The van der Waals surface area contributed by atoms with Gasteiger partial charge < -0.3 is 4.48 Å². The van der Waals surface area contributed by atoms with E-state index in [9.17, 15) is 0 Å². The second kappa shape index (κ2) is 3.36. The van der Waals surface area contributed by atoms with Gasteiger partial charge in [0.25, 0.3) is 0 Å². The van der Waals surface area contributed by atoms with Gasteiger partial charge in [-0.2, -0.15) is 0 Å². The molecule has 1 fully saturated rings. The molecule has 0 aromatic rings. The van der Waals surface area contributed by atoms with E-state index in [2.05, 4.69) is 40.1 Å². The third kappa shape index (κ3) is 2.72. The lowest BCUT2D eigenvalue weighted by atomic mass is 10.4. The van der Waals surface area contributed by atoms with Crippen molar-refractivity contribution >= 4 is 22.9 Å². The van der Waals surface area contributed by atoms with Crippen LogP contribution in [-0.4, -0.2) is 47.9 Å². The van der Waals surface area contributed by atoms with Gasteiger partial charge in [-0.1, -0.05) is 0 Å². The first-order valence-corrected chi connectivity index (χ1v) is 4.79. The Labute approximate surface area is 77.3 Å². The van der Waals surface area contributed by atoms with Gasteiger partial charge in [-0.05, 0) is 0 Å². The SMILES string of the molecule is C[N+]1(C)CCCN(I)CC1. The van der Waals surface area contributed by atoms with Crippen molar-refractivity contribution in [3.05, 3.63) is 0 Å². The maximum absolute atomic E-state index is 2.42. The van der Waals surface area contributed by atoms with Crippen LogP contribution in [0, 0.1) is 0 Å². The number of halogens is 1. The summed E-state index contributed by atoms with van der Waals surface area (Å²) in [5.74, 6) is 0. The van der Waals surface area contributed by atoms with E-state index in [4.69, 9.17) is 0 Å². The summed E-state index contributed by atoms with van der Waals surface area (Å²) >= 11 is 2.42. The van der Waals surface area contributed by atoms with Crippen LogP contribution in [0.2, 0.25) is 0 Å². The van der Waals surface area contributed by atoms with Gasteiger partial charge in [0.1, 0.15) is 0 Å². The molecule has 0 saturated carbocycles. The number of quaternary nitrogens is 1. The summed E-state index contributed by atoms with van der Waals surface area (Å²) in [4.78, 5) is 0. The average Bonchev–Trinajstić information content (AvgIpc) is 1.94. The molecule has 10 heavy (non-hydrogen) atoms. The van der Waals surface area contributed by atoms with Crippen LogP contribution in [0.15, 0.2) is 0 Å². The van der Waals surface area contributed by atoms with Crippen LogP contribution in [0.4, 0.5) is 0 Å². The molecule has 1 heterocycles. The molecule has 2 nitrogen and oxygen atoms in total. The van der Waals surface area contributed by atoms with Gasteiger partial charge in [-0.25, -0.2) is 3.11 Å². The minimum absolute atomic E-state index is 1.19. The normalized spacial score (nSPS) is 27.9. The van der Waals surface area contributed by atoms with E-state index in [0.717, 1.165) is 0 Å². The molecule has 1 saturated heterocycles. The maximum atomic E-state index is 2.42. The van der Waals surface area contributed by atoms with E-state index in [1.807, 2.05) is 0 Å². The monoisotopic (exact) mass is 255 g/mol. The number of hydrogen-bond donors (Lipinski definition) is 0. The second-order valence-electron chi connectivity index (χ2n) is 3.65. The fourth-order valence-corrected chi connectivity index (χ4v) is 1.83. The van der Waals surface area contributed by atoms with Crippen LogP contribution in [0.5, 0.6) is 0 Å². The number of rotatable bonds is 0. The maximum Gasteiger partial charge on any atom is 0.0920 e. The van der Waals surface area contributed by atoms with Crippen LogP contribution in [-0.2, 0) is 0 Å². The third-order valence-corrected chi connectivity index (χ3v) is 3.08. The molecule has 0 N–H and O–H groups in total. The van der Waals surface area contributed by atoms with E-state index in [0.29, 0.717) is 0 Å². The standard InChI is InChI=1S/C7H16IN2/c1-10(2)6-3-4-9(8)5-7-10/h3-7H2,1-2H3/q+1. The molecule has 0 bridgehead atoms. The molecule has 1 rings (SSSR count). The Balaban J connectivity index is 2.41. The molecular weight excluding hydrogens is 239 g/mol. The van der Waals surface area contributed by atoms with Gasteiger partial charge in [0, 0.05) is 35.8 Å². The molecule has 3 heteroatoms. The molecular formula is C7H16IN2+. The van der Waals surface area contributed by atoms with Gasteiger partial charge in [-0.15, -0.1) is 0 Å². The summed E-state index contributed by atoms with van der Waals surface area (Å²) < 4.78 is 3.59. The molecule has 0 spiro atoms. The lowest BCUT2D eigenvalue weighted by Gasteiger charge is -2.27. The fourth-order valence-electron chi connectivity index (χ4n) is 1.27. The van der Waals surface area contributed by atoms with E-state index in [1.165, 1.54) is 37.1 Å². The third-order valence-electron chi connectivity index (χ3n) is 2.11. The summed E-state index contributed by atoms with van der Waals surface area (Å²) in [5, 5.41) is 0. The minimum atomic E-state index is 1.19. The van der Waals surface area contributed by atoms with E-state index >= 15 is 0 Å². The number of likely N-dealkylation sites (N-methyl/N-ethyl adjacent to an activating group) is 1. The fraction of sp³-hybridized carbons (Fsp3) is 1.00. The zero-order chi connectivity index (χ0) is 7.61. The Hall–Kier alpha value is 0.650. The van der Waals surface area contributed by atoms with Crippen molar-refractivity contribution in [2.24, 2.45) is 0 Å². The lowest BCUT2D eigenvalue weighted by Crippen LogP contribution is -2.41. The topological polar surface area (TPSA) is 3.24 Å². The number of hydrogen-bond acceptors (Lipinski definition) is 1. The first kappa shape index (κ1) is 8.74. The van der Waals surface area contributed by atoms with Gasteiger partial charge in [0.15, 0.2) is 0 Å². The van der Waals surface area contributed by atoms with Crippen LogP contribution in [0.3, 0.4) is 0 Å². The molecule has 1 aliphatic rings. The van der Waals surface area contributed by atoms with Crippen LogP contribution >= 0.6 is 22.9 Å². The lowest BCUT2D eigenvalue weighted by molar-refractivity contribution is -0.888. The van der Waals surface area contributed by atoms with Gasteiger partial charge in [-0.3, -0.25) is 0 Å². The largest absolute Gasteiger partial charge is 0.327 e. The van der Waals surface area contributed by atoms with Crippen molar-refractivity contribution in [3.63, 3.8) is 0 Å². The molecule has 0 aliphatic carbocycles. The summed E-state index contributed by atoms with van der Waals surface area (Å²) in [5.41, 5.74) is 0. The van der Waals surface area contributed by atoms with Crippen molar-refractivity contribution in [1.82, 2.24) is 3.11 Å². The molecule has 0 amide bonds. The second-order valence-corrected chi connectivity index (χ2v) is 5.01. The highest BCUT2D eigenvalue weighted by molar-refractivity contribution is 14.1. The highest BCUT2D eigenvalue weighted by Gasteiger charge is 2.19. The molecule has 0 aromatic heterocycles. The van der Waals surface area contributed by atoms with Crippen molar-refractivity contribution in [1.29, 1.82) is 0 Å². The molecule has 0 aromatic carbocycles. The predicted octanol–water partition coefficient (Wildman–Crippen LogP) is 1.12. The van der Waals surface area contributed by atoms with E-state index in [1.54, 1.807) is 0 Å². The van der Waals surface area contributed by atoms with Crippen molar-refractivity contribution in [3.8, 4) is 0 Å². The highest BCUT2D eigenvalue weighted by Crippen LogP contribution is 2.09. The highest BCUT2D eigenvalue weighted by atomic mass is 127. The quantitative estimate of drug-likeness (QED) is 0.356. The molecule has 0 atom stereocenters. The predicted molar refractivity (Wildman–Crippen MR) is 52.1 cm³/mol. The van der Waals surface area contributed by atoms with Crippen molar-refractivity contribution in [2.75, 3.05) is 40.3 Å². The zero-order valence-electron chi connectivity index (χ0n) is 6.81. The van der Waals surface area contributed by atoms with E-state index in [-0.39, 0.29) is 0 Å². The van der Waals surface area contributed by atoms with Gasteiger partial charge >= 0.3 is 0 Å². The smallest absolute Gasteiger partial charge is 0.0920 e. The number of nitrogens with zero attached hydrogens (tertiary/aromatic N) is 2. The van der Waals surface area contributed by atoms with E-state index < -0.39 is 0 Å². The summed E-state index contributed by atoms with van der Waals surface area (Å²) in [6.07, 6.45) is 1.34. The first-order valence-electron chi connectivity index (χ1n) is 3.83. The average molecular weight is 255 g/mol. The zero-order valence-corrected chi connectivity index (χ0v) is 8.97. The Morgan fingerprint density at radius 2 is 1.90 bits per heavy atom. The van der Waals surface area contributed by atoms with Gasteiger partial charge in [0.05, 0.1) is 33.7 Å². The van der Waals surface area contributed by atoms with Crippen molar-refractivity contribution in [2.45, 2.75) is 6.42 Å². The Kier molecular flexibility index (Phi) is 2.94. The van der Waals surface area contributed by atoms with Gasteiger partial charge in [0.2, 0.25) is 0 Å². The van der Waals surface area contributed by atoms with Crippen LogP contribution < -0.4 is 0 Å². The van der Waals surface area contributed by atoms with Crippen molar-refractivity contribution < 1.29 is 4.48 Å². The molecule has 0 unspecified atom stereocenters. The Bertz CT molecular complexity index is 114. The summed E-state index contributed by atoms with van der Waals surface area (Å²) in [6.45, 7) is 5.14. The van der Waals surface area contributed by atoms with Crippen LogP contribution in [0.25, 0.3) is 0 Å². The van der Waals surface area contributed by atoms with Crippen LogP contribution in [0.1, 0.15) is 6.42 Å². The Morgan fingerprint density at radius 1 is 1.20 bits per heavy atom. The Morgan fingerprint density at radius 3 is 2.60 bits per heavy atom. The molecule has 60 valence electrons. The first-order chi connectivity index (χ1) is 4.60. The summed E-state index contributed by atoms with van der Waals surface area (Å²) in [7, 11) is 4.63. The molecule has 1 aliphatic heterocycles. The molecule has 0 radical (unpaired) electrons.